The van der Waals surface area contributed by atoms with Crippen LogP contribution >= 0.6 is 0 Å². The minimum Gasteiger partial charge on any atom is -0.296 e. The van der Waals surface area contributed by atoms with Crippen molar-refractivity contribution in [1.29, 1.82) is 0 Å². The zero-order chi connectivity index (χ0) is 8.55. The van der Waals surface area contributed by atoms with Crippen LogP contribution in [0.15, 0.2) is 12.2 Å². The van der Waals surface area contributed by atoms with Crippen LogP contribution in [0.25, 0.3) is 0 Å². The molecule has 2 atom stereocenters. The lowest BCUT2D eigenvalue weighted by Gasteiger charge is -2.30. The number of carbonyl (C=O) groups is 2. The van der Waals surface area contributed by atoms with Crippen LogP contribution in [-0.4, -0.2) is 11.8 Å². The van der Waals surface area contributed by atoms with Gasteiger partial charge in [0.25, 0.3) is 0 Å². The van der Waals surface area contributed by atoms with Gasteiger partial charge in [0.1, 0.15) is 0 Å². The molecule has 3 heteroatoms. The summed E-state index contributed by atoms with van der Waals surface area (Å²) in [5.41, 5.74) is 0. The molecule has 0 aromatic carbocycles. The van der Waals surface area contributed by atoms with E-state index in [1.54, 1.807) is 0 Å². The van der Waals surface area contributed by atoms with Gasteiger partial charge in [-0.05, 0) is 18.8 Å². The fourth-order valence-corrected chi connectivity index (χ4v) is 1.93. The molecule has 1 heterocycles. The molecule has 0 bridgehead atoms. The highest BCUT2D eigenvalue weighted by molar-refractivity contribution is 5.99. The van der Waals surface area contributed by atoms with Crippen LogP contribution in [0, 0.1) is 11.8 Å². The lowest BCUT2D eigenvalue weighted by atomic mass is 9.79. The van der Waals surface area contributed by atoms with Crippen molar-refractivity contribution in [2.45, 2.75) is 19.3 Å². The average Bonchev–Trinajstić information content (AvgIpc) is 2.04. The highest BCUT2D eigenvalue weighted by atomic mass is 16.2. The maximum atomic E-state index is 11.3. The second kappa shape index (κ2) is 2.73. The first kappa shape index (κ1) is 7.53. The maximum Gasteiger partial charge on any atom is 0.233 e. The molecular formula is C9H11NO2. The van der Waals surface area contributed by atoms with Crippen molar-refractivity contribution >= 4 is 11.8 Å². The standard InChI is InChI=1S/C9H11NO2/c11-8-5-6-3-1-2-4-7(6)9(12)10-8/h2,4,6-7H,1,3,5H2,(H,10,11,12). The molecular weight excluding hydrogens is 154 g/mol. The molecule has 3 nitrogen and oxygen atoms in total. The van der Waals surface area contributed by atoms with E-state index in [9.17, 15) is 9.59 Å². The van der Waals surface area contributed by atoms with Gasteiger partial charge in [0.15, 0.2) is 0 Å². The zero-order valence-electron chi connectivity index (χ0n) is 6.75. The van der Waals surface area contributed by atoms with Crippen molar-refractivity contribution < 1.29 is 9.59 Å². The monoisotopic (exact) mass is 165 g/mol. The second-order valence-corrected chi connectivity index (χ2v) is 3.41. The summed E-state index contributed by atoms with van der Waals surface area (Å²) in [5, 5.41) is 2.35. The number of hydrogen-bond acceptors (Lipinski definition) is 2. The van der Waals surface area contributed by atoms with Gasteiger partial charge in [0.2, 0.25) is 11.8 Å². The molecule has 1 fully saturated rings. The Balaban J connectivity index is 2.20. The predicted molar refractivity (Wildman–Crippen MR) is 43.1 cm³/mol. The molecule has 0 spiro atoms. The summed E-state index contributed by atoms with van der Waals surface area (Å²) < 4.78 is 0. The zero-order valence-corrected chi connectivity index (χ0v) is 6.75. The van der Waals surface area contributed by atoms with Crippen molar-refractivity contribution in [2.24, 2.45) is 11.8 Å². The van der Waals surface area contributed by atoms with Gasteiger partial charge in [-0.25, -0.2) is 0 Å². The third-order valence-corrected chi connectivity index (χ3v) is 2.57. The van der Waals surface area contributed by atoms with E-state index in [4.69, 9.17) is 0 Å². The predicted octanol–water partition coefficient (Wildman–Crippen LogP) is 0.615. The van der Waals surface area contributed by atoms with Crippen LogP contribution in [-0.2, 0) is 9.59 Å². The largest absolute Gasteiger partial charge is 0.296 e. The Morgan fingerprint density at radius 3 is 3.08 bits per heavy atom. The molecule has 1 aliphatic heterocycles. The minimum absolute atomic E-state index is 0.0450. The van der Waals surface area contributed by atoms with Gasteiger partial charge < -0.3 is 0 Å². The van der Waals surface area contributed by atoms with E-state index in [0.717, 1.165) is 12.8 Å². The molecule has 1 aliphatic carbocycles. The number of amides is 2. The number of fused-ring (bicyclic) bond motifs is 1. The summed E-state index contributed by atoms with van der Waals surface area (Å²) in [6.07, 6.45) is 6.44. The van der Waals surface area contributed by atoms with E-state index in [0.29, 0.717) is 6.42 Å². The first-order valence-corrected chi connectivity index (χ1v) is 4.28. The van der Waals surface area contributed by atoms with E-state index >= 15 is 0 Å². The number of carbonyl (C=O) groups excluding carboxylic acids is 2. The molecule has 1 saturated heterocycles. The molecule has 0 aromatic rings. The molecule has 0 radical (unpaired) electrons. The maximum absolute atomic E-state index is 11.3. The van der Waals surface area contributed by atoms with Crippen LogP contribution in [0.1, 0.15) is 19.3 Å². The molecule has 12 heavy (non-hydrogen) atoms. The molecule has 0 saturated carbocycles. The highest BCUT2D eigenvalue weighted by Crippen LogP contribution is 2.30. The average molecular weight is 165 g/mol. The quantitative estimate of drug-likeness (QED) is 0.422. The first-order chi connectivity index (χ1) is 5.77. The summed E-state index contributed by atoms with van der Waals surface area (Å²) in [4.78, 5) is 22.2. The molecule has 1 N–H and O–H groups in total. The fraction of sp³-hybridized carbons (Fsp3) is 0.556. The van der Waals surface area contributed by atoms with Crippen LogP contribution < -0.4 is 5.32 Å². The normalized spacial score (nSPS) is 34.3. The van der Waals surface area contributed by atoms with Crippen molar-refractivity contribution in [2.75, 3.05) is 0 Å². The molecule has 0 aromatic heterocycles. The van der Waals surface area contributed by atoms with Gasteiger partial charge in [-0.1, -0.05) is 12.2 Å². The van der Waals surface area contributed by atoms with Crippen molar-refractivity contribution in [3.05, 3.63) is 12.2 Å². The summed E-state index contributed by atoms with van der Waals surface area (Å²) >= 11 is 0. The van der Waals surface area contributed by atoms with E-state index in [-0.39, 0.29) is 23.7 Å². The second-order valence-electron chi connectivity index (χ2n) is 3.41. The van der Waals surface area contributed by atoms with Gasteiger partial charge in [0, 0.05) is 6.42 Å². The third kappa shape index (κ3) is 1.15. The molecule has 2 aliphatic rings. The van der Waals surface area contributed by atoms with Crippen molar-refractivity contribution in [3.63, 3.8) is 0 Å². The molecule has 2 unspecified atom stereocenters. The number of hydrogen-bond donors (Lipinski definition) is 1. The van der Waals surface area contributed by atoms with E-state index < -0.39 is 0 Å². The summed E-state index contributed by atoms with van der Waals surface area (Å²) in [6, 6.07) is 0. The van der Waals surface area contributed by atoms with Crippen LogP contribution in [0.3, 0.4) is 0 Å². The summed E-state index contributed by atoms with van der Waals surface area (Å²) in [7, 11) is 0. The van der Waals surface area contributed by atoms with Gasteiger partial charge in [-0.15, -0.1) is 0 Å². The Morgan fingerprint density at radius 1 is 1.42 bits per heavy atom. The SMILES string of the molecule is O=C1CC2CCC=CC2C(=O)N1. The Kier molecular flexibility index (Phi) is 1.71. The Hall–Kier alpha value is -1.12. The van der Waals surface area contributed by atoms with Crippen LogP contribution in [0.4, 0.5) is 0 Å². The first-order valence-electron chi connectivity index (χ1n) is 4.28. The van der Waals surface area contributed by atoms with E-state index in [2.05, 4.69) is 5.32 Å². The minimum atomic E-state index is -0.118. The van der Waals surface area contributed by atoms with Gasteiger partial charge >= 0.3 is 0 Å². The summed E-state index contributed by atoms with van der Waals surface area (Å²) in [6.45, 7) is 0. The van der Waals surface area contributed by atoms with Crippen molar-refractivity contribution in [1.82, 2.24) is 5.32 Å². The molecule has 2 rings (SSSR count). The van der Waals surface area contributed by atoms with Crippen LogP contribution in [0.5, 0.6) is 0 Å². The number of allylic oxidation sites excluding steroid dienone is 1. The van der Waals surface area contributed by atoms with Crippen molar-refractivity contribution in [3.8, 4) is 0 Å². The third-order valence-electron chi connectivity index (χ3n) is 2.57. The van der Waals surface area contributed by atoms with Crippen LogP contribution in [0.2, 0.25) is 0 Å². The number of nitrogens with one attached hydrogen (secondary N) is 1. The Labute approximate surface area is 70.8 Å². The van der Waals surface area contributed by atoms with E-state index in [1.165, 1.54) is 0 Å². The lowest BCUT2D eigenvalue weighted by molar-refractivity contribution is -0.137. The number of rotatable bonds is 0. The van der Waals surface area contributed by atoms with E-state index in [1.807, 2.05) is 12.2 Å². The van der Waals surface area contributed by atoms with Gasteiger partial charge in [0.05, 0.1) is 5.92 Å². The molecule has 2 amide bonds. The topological polar surface area (TPSA) is 46.2 Å². The fourth-order valence-electron chi connectivity index (χ4n) is 1.93. The summed E-state index contributed by atoms with van der Waals surface area (Å²) in [5.74, 6) is -0.0172. The number of piperidine rings is 1. The molecule has 64 valence electrons. The Morgan fingerprint density at radius 2 is 2.25 bits per heavy atom. The lowest BCUT2D eigenvalue weighted by Crippen LogP contribution is -2.45. The van der Waals surface area contributed by atoms with Gasteiger partial charge in [-0.2, -0.15) is 0 Å². The number of imide groups is 1. The smallest absolute Gasteiger partial charge is 0.233 e. The van der Waals surface area contributed by atoms with Gasteiger partial charge in [-0.3, -0.25) is 14.9 Å². The Bertz CT molecular complexity index is 257. The highest BCUT2D eigenvalue weighted by Gasteiger charge is 2.34.